The van der Waals surface area contributed by atoms with Gasteiger partial charge in [0.05, 0.1) is 17.3 Å². The van der Waals surface area contributed by atoms with Gasteiger partial charge in [-0.25, -0.2) is 0 Å². The number of guanidine groups is 1. The number of benzene rings is 1. The number of fused-ring (bicyclic) bond motifs is 1. The summed E-state index contributed by atoms with van der Waals surface area (Å²) in [5, 5.41) is 2.06. The Morgan fingerprint density at radius 3 is 2.78 bits per heavy atom. The van der Waals surface area contributed by atoms with Crippen LogP contribution in [0.2, 0.25) is 0 Å². The number of alkyl halides is 3. The number of amides is 1. The average Bonchev–Trinajstić information content (AvgIpc) is 3.28. The summed E-state index contributed by atoms with van der Waals surface area (Å²) in [4.78, 5) is 18.4. The van der Waals surface area contributed by atoms with Gasteiger partial charge in [0.15, 0.2) is 5.96 Å². The molecule has 10 heteroatoms. The maximum atomic E-state index is 13.3. The van der Waals surface area contributed by atoms with Crippen molar-refractivity contribution in [1.29, 1.82) is 0 Å². The number of carbonyl (C=O) groups is 1. The number of aromatic amines is 1. The van der Waals surface area contributed by atoms with Gasteiger partial charge in [-0.1, -0.05) is 0 Å². The third-order valence-electron chi connectivity index (χ3n) is 3.74. The van der Waals surface area contributed by atoms with Crippen molar-refractivity contribution in [3.8, 4) is 5.75 Å². The first-order valence-corrected chi connectivity index (χ1v) is 7.71. The number of aromatic nitrogens is 1. The quantitative estimate of drug-likeness (QED) is 0.478. The summed E-state index contributed by atoms with van der Waals surface area (Å²) >= 11 is 0. The van der Waals surface area contributed by atoms with E-state index in [1.807, 2.05) is 0 Å². The molecule has 2 aromatic heterocycles. The van der Waals surface area contributed by atoms with E-state index in [9.17, 15) is 18.0 Å². The van der Waals surface area contributed by atoms with E-state index < -0.39 is 17.6 Å². The van der Waals surface area contributed by atoms with Crippen LogP contribution in [0.3, 0.4) is 0 Å². The second-order valence-electron chi connectivity index (χ2n) is 5.51. The van der Waals surface area contributed by atoms with Gasteiger partial charge in [0, 0.05) is 12.4 Å². The number of nitrogens with one attached hydrogen (secondary N) is 2. The number of H-pyrrole nitrogens is 1. The van der Waals surface area contributed by atoms with E-state index in [1.165, 1.54) is 19.4 Å². The molecule has 0 atom stereocenters. The number of rotatable bonds is 4. The number of aliphatic imine (C=N–C) groups is 1. The van der Waals surface area contributed by atoms with E-state index in [2.05, 4.69) is 15.3 Å². The van der Waals surface area contributed by atoms with Crippen molar-refractivity contribution in [1.82, 2.24) is 10.3 Å². The lowest BCUT2D eigenvalue weighted by Gasteiger charge is -2.11. The fourth-order valence-corrected chi connectivity index (χ4v) is 2.47. The maximum Gasteiger partial charge on any atom is 0.417 e. The molecular weight excluding hydrogens is 365 g/mol. The summed E-state index contributed by atoms with van der Waals surface area (Å²) < 4.78 is 50.7. The van der Waals surface area contributed by atoms with Gasteiger partial charge in [-0.05, 0) is 30.3 Å². The highest BCUT2D eigenvalue weighted by Gasteiger charge is 2.34. The molecule has 0 spiro atoms. The molecule has 0 aliphatic rings. The van der Waals surface area contributed by atoms with E-state index in [-0.39, 0.29) is 34.9 Å². The molecule has 0 saturated heterocycles. The van der Waals surface area contributed by atoms with Crippen molar-refractivity contribution in [2.24, 2.45) is 10.7 Å². The van der Waals surface area contributed by atoms with Gasteiger partial charge >= 0.3 is 6.18 Å². The number of furan rings is 1. The Morgan fingerprint density at radius 1 is 1.37 bits per heavy atom. The molecule has 142 valence electrons. The van der Waals surface area contributed by atoms with Crippen molar-refractivity contribution in [3.05, 3.63) is 53.6 Å². The van der Waals surface area contributed by atoms with Crippen molar-refractivity contribution < 1.29 is 27.1 Å². The smallest absolute Gasteiger partial charge is 0.417 e. The van der Waals surface area contributed by atoms with Crippen LogP contribution in [0, 0.1) is 0 Å². The summed E-state index contributed by atoms with van der Waals surface area (Å²) in [5.41, 5.74) is 4.45. The molecule has 0 aliphatic carbocycles. The molecule has 2 heterocycles. The van der Waals surface area contributed by atoms with Crippen molar-refractivity contribution in [2.45, 2.75) is 12.8 Å². The first-order valence-electron chi connectivity index (χ1n) is 7.71. The van der Waals surface area contributed by atoms with Crippen LogP contribution in [0.4, 0.5) is 13.2 Å². The molecule has 1 amide bonds. The van der Waals surface area contributed by atoms with Gasteiger partial charge in [-0.3, -0.25) is 15.1 Å². The van der Waals surface area contributed by atoms with E-state index >= 15 is 0 Å². The van der Waals surface area contributed by atoms with Gasteiger partial charge in [0.2, 0.25) is 0 Å². The van der Waals surface area contributed by atoms with Crippen molar-refractivity contribution in [2.75, 3.05) is 7.05 Å². The van der Waals surface area contributed by atoms with E-state index in [4.69, 9.17) is 14.9 Å². The molecular formula is C17H15F3N4O3. The fourth-order valence-electron chi connectivity index (χ4n) is 2.47. The molecule has 0 unspecified atom stereocenters. The van der Waals surface area contributed by atoms with Crippen LogP contribution in [0.1, 0.15) is 21.8 Å². The number of carbonyl (C=O) groups excluding carboxylic acids is 1. The van der Waals surface area contributed by atoms with Crippen molar-refractivity contribution >= 4 is 22.8 Å². The molecule has 3 aromatic rings. The Hall–Kier alpha value is -3.43. The van der Waals surface area contributed by atoms with Gasteiger partial charge in [0.1, 0.15) is 23.8 Å². The summed E-state index contributed by atoms with van der Waals surface area (Å²) in [5.74, 6) is -0.242. The topological polar surface area (TPSA) is 106 Å². The van der Waals surface area contributed by atoms with Crippen LogP contribution in [-0.2, 0) is 12.8 Å². The Morgan fingerprint density at radius 2 is 2.15 bits per heavy atom. The highest BCUT2D eigenvalue weighted by molar-refractivity contribution is 6.07. The predicted octanol–water partition coefficient (Wildman–Crippen LogP) is 3.03. The molecule has 3 rings (SSSR count). The van der Waals surface area contributed by atoms with Crippen LogP contribution in [0.15, 0.2) is 46.0 Å². The standard InChI is InChI=1S/C17H15F3N4O3/c1-22-16(21)24-15(25)12-7-10-11(17(18,19)20)4-5-13(14(10)23-12)27-8-9-3-2-6-26-9/h2-7,23H,8H2,1H3,(H3,21,22,24,25). The Kier molecular flexibility index (Phi) is 4.80. The normalized spacial score (nSPS) is 12.4. The van der Waals surface area contributed by atoms with Gasteiger partial charge < -0.3 is 19.9 Å². The largest absolute Gasteiger partial charge is 0.483 e. The van der Waals surface area contributed by atoms with E-state index in [0.29, 0.717) is 5.76 Å². The molecule has 4 N–H and O–H groups in total. The van der Waals surface area contributed by atoms with Gasteiger partial charge in [-0.15, -0.1) is 0 Å². The first kappa shape index (κ1) is 18.4. The third kappa shape index (κ3) is 3.89. The highest BCUT2D eigenvalue weighted by Crippen LogP contribution is 2.38. The Labute approximate surface area is 151 Å². The summed E-state index contributed by atoms with van der Waals surface area (Å²) in [6, 6.07) is 6.51. The minimum absolute atomic E-state index is 0.0173. The number of nitrogens with two attached hydrogens (primary N) is 1. The molecule has 0 aliphatic heterocycles. The summed E-state index contributed by atoms with van der Waals surface area (Å²) in [6.07, 6.45) is -3.14. The first-order chi connectivity index (χ1) is 12.8. The molecule has 0 radical (unpaired) electrons. The fraction of sp³-hybridized carbons (Fsp3) is 0.176. The number of ether oxygens (including phenoxy) is 1. The summed E-state index contributed by atoms with van der Waals surface area (Å²) in [7, 11) is 1.36. The van der Waals surface area contributed by atoms with Gasteiger partial charge in [0.25, 0.3) is 5.91 Å². The zero-order valence-electron chi connectivity index (χ0n) is 14.1. The lowest BCUT2D eigenvalue weighted by molar-refractivity contribution is -0.136. The second kappa shape index (κ2) is 7.06. The number of hydrogen-bond acceptors (Lipinski definition) is 4. The number of hydrogen-bond donors (Lipinski definition) is 3. The third-order valence-corrected chi connectivity index (χ3v) is 3.74. The molecule has 0 fully saturated rings. The zero-order valence-corrected chi connectivity index (χ0v) is 14.1. The minimum atomic E-state index is -4.60. The molecule has 7 nitrogen and oxygen atoms in total. The van der Waals surface area contributed by atoms with E-state index in [0.717, 1.165) is 12.1 Å². The monoisotopic (exact) mass is 380 g/mol. The second-order valence-corrected chi connectivity index (χ2v) is 5.51. The average molecular weight is 380 g/mol. The predicted molar refractivity (Wildman–Crippen MR) is 91.4 cm³/mol. The van der Waals surface area contributed by atoms with Crippen LogP contribution in [0.25, 0.3) is 10.9 Å². The van der Waals surface area contributed by atoms with Crippen LogP contribution in [-0.4, -0.2) is 23.9 Å². The molecule has 1 aromatic carbocycles. The number of halogens is 3. The Balaban J connectivity index is 2.02. The minimum Gasteiger partial charge on any atom is -0.483 e. The lowest BCUT2D eigenvalue weighted by Crippen LogP contribution is -2.36. The Bertz CT molecular complexity index is 991. The molecule has 27 heavy (non-hydrogen) atoms. The molecule has 0 bridgehead atoms. The van der Waals surface area contributed by atoms with Crippen LogP contribution >= 0.6 is 0 Å². The van der Waals surface area contributed by atoms with E-state index in [1.54, 1.807) is 12.1 Å². The molecule has 0 saturated carbocycles. The zero-order chi connectivity index (χ0) is 19.6. The lowest BCUT2D eigenvalue weighted by atomic mass is 10.1. The summed E-state index contributed by atoms with van der Waals surface area (Å²) in [6.45, 7) is 0.0173. The van der Waals surface area contributed by atoms with Gasteiger partial charge in [-0.2, -0.15) is 13.2 Å². The SMILES string of the molecule is CN=C(N)NC(=O)c1cc2c(C(F)(F)F)ccc(OCc3ccco3)c2[nH]1. The van der Waals surface area contributed by atoms with Crippen molar-refractivity contribution in [3.63, 3.8) is 0 Å². The van der Waals surface area contributed by atoms with Crippen LogP contribution in [0.5, 0.6) is 5.75 Å². The highest BCUT2D eigenvalue weighted by atomic mass is 19.4. The maximum absolute atomic E-state index is 13.3. The number of nitrogens with zero attached hydrogens (tertiary/aromatic N) is 1. The van der Waals surface area contributed by atoms with Crippen LogP contribution < -0.4 is 15.8 Å².